The van der Waals surface area contributed by atoms with Crippen LogP contribution in [0.4, 0.5) is 0 Å². The van der Waals surface area contributed by atoms with Crippen LogP contribution in [0, 0.1) is 6.92 Å². The van der Waals surface area contributed by atoms with Gasteiger partial charge in [-0.25, -0.2) is 10.3 Å². The Morgan fingerprint density at radius 3 is 2.56 bits per heavy atom. The average molecular weight is 271 g/mol. The van der Waals surface area contributed by atoms with Gasteiger partial charge in [-0.2, -0.15) is 4.98 Å². The minimum absolute atomic E-state index is 0.325. The molecule has 18 heavy (non-hydrogen) atoms. The number of rotatable bonds is 3. The number of aromatic amines is 1. The summed E-state index contributed by atoms with van der Waals surface area (Å²) in [6.45, 7) is 7.11. The smallest absolute Gasteiger partial charge is 0.309 e. The van der Waals surface area contributed by atoms with Crippen molar-refractivity contribution in [1.29, 1.82) is 0 Å². The monoisotopic (exact) mass is 271 g/mol. The molecule has 0 saturated carbocycles. The molecule has 0 unspecified atom stereocenters. The lowest BCUT2D eigenvalue weighted by molar-refractivity contribution is -0.0591. The summed E-state index contributed by atoms with van der Waals surface area (Å²) < 4.78 is 0. The number of aryl methyl sites for hydroxylation is 1. The van der Waals surface area contributed by atoms with Crippen LogP contribution in [0.3, 0.4) is 0 Å². The number of carbonyl (C=O) groups excluding carboxylic acids is 1. The van der Waals surface area contributed by atoms with Crippen LogP contribution in [0.25, 0.3) is 0 Å². The van der Waals surface area contributed by atoms with E-state index in [9.17, 15) is 9.59 Å². The van der Waals surface area contributed by atoms with Gasteiger partial charge < -0.3 is 4.98 Å². The molecule has 0 spiro atoms. The largest absolute Gasteiger partial charge is 0.346 e. The van der Waals surface area contributed by atoms with Gasteiger partial charge in [-0.3, -0.25) is 9.63 Å². The molecule has 0 saturated heterocycles. The first-order valence-electron chi connectivity index (χ1n) is 5.38. The highest BCUT2D eigenvalue weighted by atomic mass is 32.2. The summed E-state index contributed by atoms with van der Waals surface area (Å²) in [4.78, 5) is 34.7. The lowest BCUT2D eigenvalue weighted by atomic mass is 10.2. The quantitative estimate of drug-likeness (QED) is 0.491. The molecule has 0 aliphatic carbocycles. The van der Waals surface area contributed by atoms with Crippen molar-refractivity contribution in [3.05, 3.63) is 21.7 Å². The third kappa shape index (κ3) is 3.85. The van der Waals surface area contributed by atoms with Gasteiger partial charge in [0.1, 0.15) is 5.03 Å². The predicted molar refractivity (Wildman–Crippen MR) is 69.7 cm³/mol. The van der Waals surface area contributed by atoms with Crippen molar-refractivity contribution in [3.63, 3.8) is 0 Å². The van der Waals surface area contributed by atoms with Crippen molar-refractivity contribution >= 4 is 17.7 Å². The molecule has 0 aromatic carbocycles. The molecule has 0 bridgehead atoms. The number of thioether (sulfide) groups is 1. The maximum absolute atomic E-state index is 12.0. The van der Waals surface area contributed by atoms with Crippen molar-refractivity contribution in [1.82, 2.24) is 15.4 Å². The Hall–Kier alpha value is -1.34. The summed E-state index contributed by atoms with van der Waals surface area (Å²) in [6.07, 6.45) is 1.75. The molecule has 2 N–H and O–H groups in total. The number of H-pyrrole nitrogens is 1. The molecular formula is C11H17N3O3S. The second-order valence-electron chi connectivity index (χ2n) is 4.70. The van der Waals surface area contributed by atoms with E-state index in [4.69, 9.17) is 4.84 Å². The average Bonchev–Trinajstić information content (AvgIpc) is 2.23. The fraction of sp³-hybridized carbons (Fsp3) is 0.545. The zero-order valence-corrected chi connectivity index (χ0v) is 11.9. The van der Waals surface area contributed by atoms with E-state index in [1.807, 2.05) is 20.8 Å². The molecule has 0 radical (unpaired) electrons. The van der Waals surface area contributed by atoms with Gasteiger partial charge in [0.25, 0.3) is 5.91 Å². The number of carbonyl (C=O) groups is 1. The Kier molecular flexibility index (Phi) is 4.53. The Bertz CT molecular complexity index is 505. The van der Waals surface area contributed by atoms with Crippen LogP contribution in [-0.4, -0.2) is 27.7 Å². The maximum Gasteiger partial charge on any atom is 0.346 e. The second-order valence-corrected chi connectivity index (χ2v) is 5.49. The molecule has 6 nitrogen and oxygen atoms in total. The molecular weight excluding hydrogens is 254 g/mol. The third-order valence-corrected chi connectivity index (χ3v) is 2.64. The van der Waals surface area contributed by atoms with Gasteiger partial charge in [0.15, 0.2) is 0 Å². The molecule has 1 aromatic rings. The topological polar surface area (TPSA) is 84.1 Å². The second kappa shape index (κ2) is 5.53. The number of hydrogen-bond acceptors (Lipinski definition) is 5. The van der Waals surface area contributed by atoms with E-state index >= 15 is 0 Å². The first-order valence-corrected chi connectivity index (χ1v) is 6.60. The molecule has 1 rings (SSSR count). The van der Waals surface area contributed by atoms with Crippen LogP contribution >= 0.6 is 11.8 Å². The van der Waals surface area contributed by atoms with Crippen LogP contribution < -0.4 is 11.2 Å². The summed E-state index contributed by atoms with van der Waals surface area (Å²) >= 11 is 1.24. The molecule has 0 fully saturated rings. The van der Waals surface area contributed by atoms with Crippen molar-refractivity contribution in [2.24, 2.45) is 0 Å². The van der Waals surface area contributed by atoms with Crippen LogP contribution in [0.5, 0.6) is 0 Å². The molecule has 100 valence electrons. The fourth-order valence-corrected chi connectivity index (χ4v) is 1.85. The first kappa shape index (κ1) is 14.7. The van der Waals surface area contributed by atoms with Gasteiger partial charge in [-0.05, 0) is 34.0 Å². The van der Waals surface area contributed by atoms with E-state index in [0.29, 0.717) is 16.3 Å². The molecule has 0 atom stereocenters. The van der Waals surface area contributed by atoms with Crippen LogP contribution in [0.15, 0.2) is 9.82 Å². The zero-order chi connectivity index (χ0) is 13.9. The van der Waals surface area contributed by atoms with E-state index in [2.05, 4.69) is 15.4 Å². The van der Waals surface area contributed by atoms with Crippen molar-refractivity contribution < 1.29 is 9.63 Å². The van der Waals surface area contributed by atoms with Gasteiger partial charge in [0.2, 0.25) is 0 Å². The summed E-state index contributed by atoms with van der Waals surface area (Å²) in [5.41, 5.74) is 2.20. The molecule has 7 heteroatoms. The van der Waals surface area contributed by atoms with Crippen LogP contribution in [0.2, 0.25) is 0 Å². The number of hydrogen-bond donors (Lipinski definition) is 2. The fourth-order valence-electron chi connectivity index (χ4n) is 1.22. The van der Waals surface area contributed by atoms with E-state index in [1.165, 1.54) is 11.8 Å². The van der Waals surface area contributed by atoms with E-state index in [1.54, 1.807) is 13.2 Å². The Labute approximate surface area is 109 Å². The standard InChI is InChI=1S/C11H17N3O3S/c1-6-7(8(15)14-17-11(2,3)4)9(18-5)13-10(16)12-6/h1-5H3,(H,14,15)(H,12,13,16). The van der Waals surface area contributed by atoms with Crippen LogP contribution in [-0.2, 0) is 4.84 Å². The lowest BCUT2D eigenvalue weighted by Gasteiger charge is -2.19. The van der Waals surface area contributed by atoms with Crippen LogP contribution in [0.1, 0.15) is 36.8 Å². The molecule has 0 aliphatic heterocycles. The van der Waals surface area contributed by atoms with Gasteiger partial charge >= 0.3 is 5.69 Å². The lowest BCUT2D eigenvalue weighted by Crippen LogP contribution is -2.35. The Morgan fingerprint density at radius 2 is 2.06 bits per heavy atom. The molecule has 1 aromatic heterocycles. The number of amides is 1. The summed E-state index contributed by atoms with van der Waals surface area (Å²) in [7, 11) is 0. The van der Waals surface area contributed by atoms with Crippen molar-refractivity contribution in [3.8, 4) is 0 Å². The molecule has 1 amide bonds. The number of nitrogens with one attached hydrogen (secondary N) is 2. The number of nitrogens with zero attached hydrogens (tertiary/aromatic N) is 1. The Balaban J connectivity index is 3.02. The minimum Gasteiger partial charge on any atom is -0.309 e. The normalized spacial score (nSPS) is 11.4. The van der Waals surface area contributed by atoms with Gasteiger partial charge in [0.05, 0.1) is 11.2 Å². The number of aromatic nitrogens is 2. The predicted octanol–water partition coefficient (Wildman–Crippen LogP) is 1.26. The van der Waals surface area contributed by atoms with Crippen molar-refractivity contribution in [2.45, 2.75) is 38.3 Å². The Morgan fingerprint density at radius 1 is 1.44 bits per heavy atom. The molecule has 1 heterocycles. The highest BCUT2D eigenvalue weighted by molar-refractivity contribution is 7.98. The van der Waals surface area contributed by atoms with Crippen molar-refractivity contribution in [2.75, 3.05) is 6.26 Å². The van der Waals surface area contributed by atoms with E-state index < -0.39 is 17.2 Å². The highest BCUT2D eigenvalue weighted by Crippen LogP contribution is 2.18. The summed E-state index contributed by atoms with van der Waals surface area (Å²) in [5, 5.41) is 0.381. The zero-order valence-electron chi connectivity index (χ0n) is 11.1. The summed E-state index contributed by atoms with van der Waals surface area (Å²) in [5.74, 6) is -0.421. The highest BCUT2D eigenvalue weighted by Gasteiger charge is 2.19. The minimum atomic E-state index is -0.487. The van der Waals surface area contributed by atoms with Gasteiger partial charge in [-0.1, -0.05) is 0 Å². The SMILES string of the molecule is CSc1nc(=O)[nH]c(C)c1C(=O)NOC(C)(C)C. The number of hydroxylamine groups is 1. The van der Waals surface area contributed by atoms with Gasteiger partial charge in [-0.15, -0.1) is 11.8 Å². The third-order valence-electron chi connectivity index (χ3n) is 1.96. The van der Waals surface area contributed by atoms with E-state index in [-0.39, 0.29) is 0 Å². The summed E-state index contributed by atoms with van der Waals surface area (Å²) in [6, 6.07) is 0. The van der Waals surface area contributed by atoms with E-state index in [0.717, 1.165) is 0 Å². The van der Waals surface area contributed by atoms with Gasteiger partial charge in [0, 0.05) is 5.69 Å². The first-order chi connectivity index (χ1) is 8.24. The molecule has 0 aliphatic rings. The maximum atomic E-state index is 12.0.